The molecule has 1 aromatic carbocycles. The van der Waals surface area contributed by atoms with Gasteiger partial charge in [0.05, 0.1) is 0 Å². The number of hydrogen-bond donors (Lipinski definition) is 1. The Morgan fingerprint density at radius 2 is 1.46 bits per heavy atom. The van der Waals surface area contributed by atoms with Crippen LogP contribution >= 0.6 is 0 Å². The molecule has 2 aliphatic rings. The fourth-order valence-corrected chi connectivity index (χ4v) is 4.29. The minimum Gasteiger partial charge on any atom is -0.339 e. The van der Waals surface area contributed by atoms with Crippen molar-refractivity contribution in [3.63, 3.8) is 0 Å². The summed E-state index contributed by atoms with van der Waals surface area (Å²) < 4.78 is 0. The number of carbonyl (C=O) groups is 3. The molecule has 1 aromatic rings. The quantitative estimate of drug-likeness (QED) is 0.870. The second kappa shape index (κ2) is 8.76. The Kier molecular flexibility index (Phi) is 6.37. The summed E-state index contributed by atoms with van der Waals surface area (Å²) in [6.07, 6.45) is 3.02. The van der Waals surface area contributed by atoms with Crippen LogP contribution in [-0.4, -0.2) is 53.7 Å². The third kappa shape index (κ3) is 4.72. The van der Waals surface area contributed by atoms with Gasteiger partial charge in [0.25, 0.3) is 0 Å². The number of nitrogens with one attached hydrogen (secondary N) is 1. The molecule has 1 N–H and O–H groups in total. The molecule has 0 radical (unpaired) electrons. The van der Waals surface area contributed by atoms with Crippen LogP contribution < -0.4 is 5.32 Å². The lowest BCUT2D eigenvalue weighted by molar-refractivity contribution is -0.142. The van der Waals surface area contributed by atoms with E-state index in [0.717, 1.165) is 36.9 Å². The van der Waals surface area contributed by atoms with Crippen molar-refractivity contribution in [3.8, 4) is 0 Å². The SMILES string of the molecule is CC(=O)N1CCN(C(=O)C2CCC(C(=O)Nc3ccc(C)cc3C)CC2)CC1. The summed E-state index contributed by atoms with van der Waals surface area (Å²) in [5.74, 6) is 0.306. The Hall–Kier alpha value is -2.37. The van der Waals surface area contributed by atoms with E-state index in [4.69, 9.17) is 0 Å². The van der Waals surface area contributed by atoms with Crippen LogP contribution in [0.1, 0.15) is 43.7 Å². The molecular weight excluding hydrogens is 354 g/mol. The normalized spacial score (nSPS) is 22.7. The lowest BCUT2D eigenvalue weighted by Gasteiger charge is -2.37. The van der Waals surface area contributed by atoms with Gasteiger partial charge in [0.2, 0.25) is 17.7 Å². The molecule has 2 fully saturated rings. The average molecular weight is 386 g/mol. The van der Waals surface area contributed by atoms with Crippen molar-refractivity contribution in [2.75, 3.05) is 31.5 Å². The van der Waals surface area contributed by atoms with Crippen molar-refractivity contribution < 1.29 is 14.4 Å². The van der Waals surface area contributed by atoms with Crippen LogP contribution in [0.25, 0.3) is 0 Å². The van der Waals surface area contributed by atoms with Gasteiger partial charge in [-0.25, -0.2) is 0 Å². The van der Waals surface area contributed by atoms with Gasteiger partial charge in [-0.3, -0.25) is 14.4 Å². The Bertz CT molecular complexity index is 745. The summed E-state index contributed by atoms with van der Waals surface area (Å²) in [5.41, 5.74) is 3.12. The molecule has 0 spiro atoms. The molecule has 1 saturated heterocycles. The highest BCUT2D eigenvalue weighted by Crippen LogP contribution is 2.31. The molecule has 28 heavy (non-hydrogen) atoms. The van der Waals surface area contributed by atoms with E-state index in [-0.39, 0.29) is 29.6 Å². The van der Waals surface area contributed by atoms with E-state index < -0.39 is 0 Å². The molecule has 6 nitrogen and oxygen atoms in total. The second-order valence-corrected chi connectivity index (χ2v) is 8.19. The molecule has 0 bridgehead atoms. The van der Waals surface area contributed by atoms with E-state index in [0.29, 0.717) is 26.2 Å². The van der Waals surface area contributed by atoms with Gasteiger partial charge < -0.3 is 15.1 Å². The predicted molar refractivity (Wildman–Crippen MR) is 109 cm³/mol. The van der Waals surface area contributed by atoms with Crippen LogP contribution in [0.2, 0.25) is 0 Å². The first-order valence-corrected chi connectivity index (χ1v) is 10.3. The smallest absolute Gasteiger partial charge is 0.227 e. The van der Waals surface area contributed by atoms with Crippen LogP contribution in [0.3, 0.4) is 0 Å². The molecule has 3 rings (SSSR count). The molecule has 0 aromatic heterocycles. The fourth-order valence-electron chi connectivity index (χ4n) is 4.29. The Balaban J connectivity index is 1.48. The third-order valence-electron chi connectivity index (χ3n) is 6.12. The molecule has 6 heteroatoms. The van der Waals surface area contributed by atoms with Gasteiger partial charge in [0, 0.05) is 50.6 Å². The maximum Gasteiger partial charge on any atom is 0.227 e. The largest absolute Gasteiger partial charge is 0.339 e. The highest BCUT2D eigenvalue weighted by molar-refractivity contribution is 5.93. The second-order valence-electron chi connectivity index (χ2n) is 8.19. The molecule has 0 atom stereocenters. The standard InChI is InChI=1S/C22H31N3O3/c1-15-4-9-20(16(2)14-15)23-21(27)18-5-7-19(8-6-18)22(28)25-12-10-24(11-13-25)17(3)26/h4,9,14,18-19H,5-8,10-13H2,1-3H3,(H,23,27). The lowest BCUT2D eigenvalue weighted by atomic mass is 9.80. The first-order chi connectivity index (χ1) is 13.3. The minimum absolute atomic E-state index is 0.00837. The molecule has 0 unspecified atom stereocenters. The van der Waals surface area contributed by atoms with Crippen LogP contribution in [0.15, 0.2) is 18.2 Å². The van der Waals surface area contributed by atoms with Gasteiger partial charge >= 0.3 is 0 Å². The summed E-state index contributed by atoms with van der Waals surface area (Å²) in [7, 11) is 0. The van der Waals surface area contributed by atoms with E-state index in [9.17, 15) is 14.4 Å². The molecule has 152 valence electrons. The van der Waals surface area contributed by atoms with E-state index in [2.05, 4.69) is 11.4 Å². The van der Waals surface area contributed by atoms with Gasteiger partial charge in [-0.2, -0.15) is 0 Å². The van der Waals surface area contributed by atoms with Crippen molar-refractivity contribution in [1.82, 2.24) is 9.80 Å². The highest BCUT2D eigenvalue weighted by atomic mass is 16.2. The summed E-state index contributed by atoms with van der Waals surface area (Å²) in [6, 6.07) is 6.03. The van der Waals surface area contributed by atoms with Crippen molar-refractivity contribution in [3.05, 3.63) is 29.3 Å². The first kappa shape index (κ1) is 20.4. The van der Waals surface area contributed by atoms with Crippen molar-refractivity contribution in [2.24, 2.45) is 11.8 Å². The van der Waals surface area contributed by atoms with Gasteiger partial charge in [0.15, 0.2) is 0 Å². The fraction of sp³-hybridized carbons (Fsp3) is 0.591. The number of piperazine rings is 1. The monoisotopic (exact) mass is 385 g/mol. The van der Waals surface area contributed by atoms with Crippen molar-refractivity contribution in [1.29, 1.82) is 0 Å². The van der Waals surface area contributed by atoms with Crippen molar-refractivity contribution in [2.45, 2.75) is 46.5 Å². The summed E-state index contributed by atoms with van der Waals surface area (Å²) in [5, 5.41) is 3.06. The van der Waals surface area contributed by atoms with Gasteiger partial charge in [-0.1, -0.05) is 17.7 Å². The summed E-state index contributed by atoms with van der Waals surface area (Å²) in [6.45, 7) is 8.09. The molecule has 1 heterocycles. The summed E-state index contributed by atoms with van der Waals surface area (Å²) >= 11 is 0. The topological polar surface area (TPSA) is 69.7 Å². The van der Waals surface area contributed by atoms with E-state index in [1.165, 1.54) is 5.56 Å². The summed E-state index contributed by atoms with van der Waals surface area (Å²) in [4.78, 5) is 40.5. The van der Waals surface area contributed by atoms with Crippen LogP contribution in [0.5, 0.6) is 0 Å². The van der Waals surface area contributed by atoms with E-state index in [1.54, 1.807) is 11.8 Å². The molecular formula is C22H31N3O3. The molecule has 1 aliphatic carbocycles. The van der Waals surface area contributed by atoms with E-state index in [1.807, 2.05) is 30.9 Å². The third-order valence-corrected chi connectivity index (χ3v) is 6.12. The zero-order valence-corrected chi connectivity index (χ0v) is 17.2. The zero-order valence-electron chi connectivity index (χ0n) is 17.2. The Morgan fingerprint density at radius 3 is 2.04 bits per heavy atom. The number of hydrogen-bond acceptors (Lipinski definition) is 3. The number of anilines is 1. The first-order valence-electron chi connectivity index (χ1n) is 10.3. The number of carbonyl (C=O) groups excluding carboxylic acids is 3. The number of amides is 3. The maximum absolute atomic E-state index is 12.8. The van der Waals surface area contributed by atoms with Crippen molar-refractivity contribution >= 4 is 23.4 Å². The van der Waals surface area contributed by atoms with Gasteiger partial charge in [0.1, 0.15) is 0 Å². The minimum atomic E-state index is -0.0284. The van der Waals surface area contributed by atoms with Gasteiger partial charge in [-0.05, 0) is 51.2 Å². The highest BCUT2D eigenvalue weighted by Gasteiger charge is 2.33. The Labute approximate surface area is 167 Å². The van der Waals surface area contributed by atoms with Crippen LogP contribution in [-0.2, 0) is 14.4 Å². The molecule has 1 saturated carbocycles. The predicted octanol–water partition coefficient (Wildman–Crippen LogP) is 2.74. The molecule has 3 amide bonds. The maximum atomic E-state index is 12.8. The Morgan fingerprint density at radius 1 is 0.893 bits per heavy atom. The number of benzene rings is 1. The number of rotatable bonds is 3. The van der Waals surface area contributed by atoms with E-state index >= 15 is 0 Å². The zero-order chi connectivity index (χ0) is 20.3. The van der Waals surface area contributed by atoms with Crippen LogP contribution in [0.4, 0.5) is 5.69 Å². The molecule has 1 aliphatic heterocycles. The average Bonchev–Trinajstić information content (AvgIpc) is 2.69. The van der Waals surface area contributed by atoms with Gasteiger partial charge in [-0.15, -0.1) is 0 Å². The van der Waals surface area contributed by atoms with Crippen LogP contribution in [0, 0.1) is 25.7 Å². The lowest BCUT2D eigenvalue weighted by Crippen LogP contribution is -2.51. The number of nitrogens with zero attached hydrogens (tertiary/aromatic N) is 2. The number of aryl methyl sites for hydroxylation is 2.